The molecule has 1 aliphatic heterocycles. The minimum Gasteiger partial charge on any atom is -0.491 e. The molecule has 2 atom stereocenters. The monoisotopic (exact) mass is 254 g/mol. The first kappa shape index (κ1) is 12.8. The molecule has 0 radical (unpaired) electrons. The van der Waals surface area contributed by atoms with Crippen LogP contribution in [0.15, 0.2) is 18.2 Å². The molecule has 18 heavy (non-hydrogen) atoms. The van der Waals surface area contributed by atoms with Gasteiger partial charge >= 0.3 is 5.97 Å². The summed E-state index contributed by atoms with van der Waals surface area (Å²) in [4.78, 5) is 10.8. The van der Waals surface area contributed by atoms with E-state index in [0.717, 1.165) is 18.9 Å². The zero-order valence-corrected chi connectivity index (χ0v) is 10.1. The summed E-state index contributed by atoms with van der Waals surface area (Å²) >= 11 is 0. The van der Waals surface area contributed by atoms with Crippen molar-refractivity contribution in [1.82, 2.24) is 0 Å². The molecule has 1 fully saturated rings. The molecule has 1 N–H and O–H groups in total. The molecule has 1 saturated heterocycles. The topological polar surface area (TPSA) is 55.8 Å². The molecule has 1 aliphatic rings. The van der Waals surface area contributed by atoms with E-state index in [-0.39, 0.29) is 23.5 Å². The molecule has 2 rings (SSSR count). The summed E-state index contributed by atoms with van der Waals surface area (Å²) < 4.78 is 24.1. The molecule has 5 heteroatoms. The Kier molecular flexibility index (Phi) is 3.81. The fourth-order valence-corrected chi connectivity index (χ4v) is 1.97. The molecule has 4 nitrogen and oxygen atoms in total. The summed E-state index contributed by atoms with van der Waals surface area (Å²) in [6.45, 7) is 2.30. The van der Waals surface area contributed by atoms with Gasteiger partial charge in [0.25, 0.3) is 0 Å². The van der Waals surface area contributed by atoms with Crippen LogP contribution in [0.3, 0.4) is 0 Å². The van der Waals surface area contributed by atoms with Crippen LogP contribution in [0.5, 0.6) is 5.75 Å². The molecule has 1 heterocycles. The number of halogens is 1. The normalized spacial score (nSPS) is 23.0. The Balaban J connectivity index is 1.98. The number of carboxylic acids is 1. The molecule has 2 unspecified atom stereocenters. The van der Waals surface area contributed by atoms with E-state index in [0.29, 0.717) is 6.61 Å². The first-order chi connectivity index (χ1) is 8.54. The second-order valence-electron chi connectivity index (χ2n) is 4.44. The van der Waals surface area contributed by atoms with Crippen LogP contribution in [0, 0.1) is 5.82 Å². The smallest absolute Gasteiger partial charge is 0.335 e. The Morgan fingerprint density at radius 2 is 2.28 bits per heavy atom. The van der Waals surface area contributed by atoms with Crippen LogP contribution < -0.4 is 4.74 Å². The Labute approximate surface area is 104 Å². The highest BCUT2D eigenvalue weighted by atomic mass is 19.1. The summed E-state index contributed by atoms with van der Waals surface area (Å²) in [7, 11) is 0. The lowest BCUT2D eigenvalue weighted by Gasteiger charge is -2.13. The average molecular weight is 254 g/mol. The first-order valence-electron chi connectivity index (χ1n) is 5.87. The second kappa shape index (κ2) is 5.35. The maximum Gasteiger partial charge on any atom is 0.335 e. The third-order valence-electron chi connectivity index (χ3n) is 2.87. The predicted molar refractivity (Wildman–Crippen MR) is 62.4 cm³/mol. The summed E-state index contributed by atoms with van der Waals surface area (Å²) in [6, 6.07) is 3.44. The number of rotatable bonds is 4. The highest BCUT2D eigenvalue weighted by Crippen LogP contribution is 2.21. The molecule has 1 aromatic carbocycles. The van der Waals surface area contributed by atoms with Gasteiger partial charge in [-0.15, -0.1) is 0 Å². The quantitative estimate of drug-likeness (QED) is 0.896. The lowest BCUT2D eigenvalue weighted by atomic mass is 10.2. The van der Waals surface area contributed by atoms with Gasteiger partial charge < -0.3 is 14.6 Å². The summed E-state index contributed by atoms with van der Waals surface area (Å²) in [6.07, 6.45) is 2.11. The molecule has 1 aromatic rings. The molecule has 0 bridgehead atoms. The van der Waals surface area contributed by atoms with Gasteiger partial charge in [-0.05, 0) is 31.9 Å². The van der Waals surface area contributed by atoms with Gasteiger partial charge in [-0.3, -0.25) is 0 Å². The number of hydrogen-bond donors (Lipinski definition) is 1. The maximum absolute atomic E-state index is 13.2. The SMILES string of the molecule is CC1CCC(COc2cc(F)cc(C(=O)O)c2)O1. The zero-order chi connectivity index (χ0) is 13.1. The van der Waals surface area contributed by atoms with Crippen molar-refractivity contribution in [2.75, 3.05) is 6.61 Å². The van der Waals surface area contributed by atoms with E-state index < -0.39 is 11.8 Å². The third kappa shape index (κ3) is 3.20. The Bertz CT molecular complexity index is 447. The predicted octanol–water partition coefficient (Wildman–Crippen LogP) is 2.47. The zero-order valence-electron chi connectivity index (χ0n) is 10.1. The van der Waals surface area contributed by atoms with Crippen molar-refractivity contribution < 1.29 is 23.8 Å². The lowest BCUT2D eigenvalue weighted by Crippen LogP contribution is -2.18. The van der Waals surface area contributed by atoms with Crippen molar-refractivity contribution in [2.24, 2.45) is 0 Å². The first-order valence-corrected chi connectivity index (χ1v) is 5.87. The van der Waals surface area contributed by atoms with E-state index in [4.69, 9.17) is 14.6 Å². The van der Waals surface area contributed by atoms with Crippen molar-refractivity contribution >= 4 is 5.97 Å². The van der Waals surface area contributed by atoms with Crippen LogP contribution in [0.25, 0.3) is 0 Å². The van der Waals surface area contributed by atoms with Gasteiger partial charge in [0, 0.05) is 6.07 Å². The van der Waals surface area contributed by atoms with E-state index in [9.17, 15) is 9.18 Å². The fraction of sp³-hybridized carbons (Fsp3) is 0.462. The van der Waals surface area contributed by atoms with E-state index in [1.807, 2.05) is 6.92 Å². The van der Waals surface area contributed by atoms with Crippen LogP contribution in [-0.4, -0.2) is 29.9 Å². The molecule has 0 aromatic heterocycles. The van der Waals surface area contributed by atoms with Crippen molar-refractivity contribution in [3.05, 3.63) is 29.6 Å². The number of carboxylic acid groups (broad SMARTS) is 1. The minimum atomic E-state index is -1.18. The van der Waals surface area contributed by atoms with Crippen molar-refractivity contribution in [3.8, 4) is 5.75 Å². The van der Waals surface area contributed by atoms with Gasteiger partial charge in [0.15, 0.2) is 0 Å². The number of carbonyl (C=O) groups is 1. The highest BCUT2D eigenvalue weighted by molar-refractivity contribution is 5.88. The lowest BCUT2D eigenvalue weighted by molar-refractivity contribution is 0.0264. The van der Waals surface area contributed by atoms with Gasteiger partial charge in [-0.25, -0.2) is 9.18 Å². The van der Waals surface area contributed by atoms with Crippen LogP contribution in [0.2, 0.25) is 0 Å². The maximum atomic E-state index is 13.2. The fourth-order valence-electron chi connectivity index (χ4n) is 1.97. The number of aromatic carboxylic acids is 1. The van der Waals surface area contributed by atoms with E-state index >= 15 is 0 Å². The van der Waals surface area contributed by atoms with E-state index in [1.165, 1.54) is 12.1 Å². The van der Waals surface area contributed by atoms with Gasteiger partial charge in [0.2, 0.25) is 0 Å². The van der Waals surface area contributed by atoms with Crippen LogP contribution in [0.1, 0.15) is 30.1 Å². The molecular weight excluding hydrogens is 239 g/mol. The third-order valence-corrected chi connectivity index (χ3v) is 2.87. The van der Waals surface area contributed by atoms with Gasteiger partial charge in [-0.1, -0.05) is 0 Å². The van der Waals surface area contributed by atoms with Gasteiger partial charge in [0.05, 0.1) is 17.8 Å². The molecule has 0 amide bonds. The van der Waals surface area contributed by atoms with Crippen molar-refractivity contribution in [3.63, 3.8) is 0 Å². The van der Waals surface area contributed by atoms with Gasteiger partial charge in [0.1, 0.15) is 18.2 Å². The second-order valence-corrected chi connectivity index (χ2v) is 4.44. The standard InChI is InChI=1S/C13H15FO4/c1-8-2-3-11(18-8)7-17-12-5-9(13(15)16)4-10(14)6-12/h4-6,8,11H,2-3,7H2,1H3,(H,15,16). The Hall–Kier alpha value is -1.62. The van der Waals surface area contributed by atoms with E-state index in [1.54, 1.807) is 0 Å². The molecule has 0 saturated carbocycles. The van der Waals surface area contributed by atoms with Crippen molar-refractivity contribution in [1.29, 1.82) is 0 Å². The Morgan fingerprint density at radius 1 is 1.50 bits per heavy atom. The number of ether oxygens (including phenoxy) is 2. The van der Waals surface area contributed by atoms with Crippen LogP contribution in [-0.2, 0) is 4.74 Å². The van der Waals surface area contributed by atoms with Gasteiger partial charge in [-0.2, -0.15) is 0 Å². The average Bonchev–Trinajstić information content (AvgIpc) is 2.72. The molecule has 0 spiro atoms. The summed E-state index contributed by atoms with van der Waals surface area (Å²) in [5, 5.41) is 8.80. The van der Waals surface area contributed by atoms with Crippen LogP contribution >= 0.6 is 0 Å². The largest absolute Gasteiger partial charge is 0.491 e. The number of benzene rings is 1. The Morgan fingerprint density at radius 3 is 2.89 bits per heavy atom. The summed E-state index contributed by atoms with van der Waals surface area (Å²) in [5.74, 6) is -1.58. The summed E-state index contributed by atoms with van der Waals surface area (Å²) in [5.41, 5.74) is -0.120. The van der Waals surface area contributed by atoms with Crippen LogP contribution in [0.4, 0.5) is 4.39 Å². The number of hydrogen-bond acceptors (Lipinski definition) is 3. The molecule has 98 valence electrons. The van der Waals surface area contributed by atoms with Crippen molar-refractivity contribution in [2.45, 2.75) is 32.0 Å². The minimum absolute atomic E-state index is 0.00320. The molecule has 0 aliphatic carbocycles. The molecular formula is C13H15FO4. The highest BCUT2D eigenvalue weighted by Gasteiger charge is 2.22. The van der Waals surface area contributed by atoms with E-state index in [2.05, 4.69) is 0 Å².